The first kappa shape index (κ1) is 23.1. The van der Waals surface area contributed by atoms with E-state index in [9.17, 15) is 14.4 Å². The maximum atomic E-state index is 13.0. The van der Waals surface area contributed by atoms with Crippen LogP contribution >= 0.6 is 0 Å². The molecule has 0 aliphatic carbocycles. The minimum atomic E-state index is -0.467. The van der Waals surface area contributed by atoms with Crippen molar-refractivity contribution >= 4 is 16.9 Å². The third-order valence-electron chi connectivity index (χ3n) is 7.31. The number of amides is 1. The molecule has 2 aromatic carbocycles. The largest absolute Gasteiger partial charge is 0.497 e. The molecule has 1 saturated heterocycles. The van der Waals surface area contributed by atoms with Gasteiger partial charge in [-0.1, -0.05) is 18.2 Å². The molecule has 0 N–H and O–H groups in total. The van der Waals surface area contributed by atoms with Gasteiger partial charge in [-0.2, -0.15) is 0 Å². The average molecular weight is 499 g/mol. The zero-order valence-electron chi connectivity index (χ0n) is 20.4. The van der Waals surface area contributed by atoms with Gasteiger partial charge >= 0.3 is 5.63 Å². The van der Waals surface area contributed by atoms with Crippen molar-refractivity contribution in [3.63, 3.8) is 0 Å². The molecule has 0 radical (unpaired) electrons. The molecule has 2 atom stereocenters. The Morgan fingerprint density at radius 1 is 0.973 bits per heavy atom. The number of methoxy groups -OCH3 is 1. The van der Waals surface area contributed by atoms with Gasteiger partial charge in [0.2, 0.25) is 0 Å². The van der Waals surface area contributed by atoms with Gasteiger partial charge in [-0.05, 0) is 53.8 Å². The number of benzene rings is 2. The van der Waals surface area contributed by atoms with Crippen molar-refractivity contribution in [2.24, 2.45) is 5.92 Å². The van der Waals surface area contributed by atoms with E-state index >= 15 is 0 Å². The Balaban J connectivity index is 1.18. The summed E-state index contributed by atoms with van der Waals surface area (Å²) in [6.07, 6.45) is 0.980. The Morgan fingerprint density at radius 3 is 2.59 bits per heavy atom. The van der Waals surface area contributed by atoms with Crippen LogP contribution in [0.5, 0.6) is 11.5 Å². The molecular formula is C29H26N2O6. The molecule has 1 fully saturated rings. The molecule has 4 aromatic rings. The van der Waals surface area contributed by atoms with E-state index < -0.39 is 5.63 Å². The monoisotopic (exact) mass is 498 g/mol. The van der Waals surface area contributed by atoms with Crippen LogP contribution in [0.15, 0.2) is 80.7 Å². The minimum absolute atomic E-state index is 0.0217. The molecule has 6 rings (SSSR count). The number of ether oxygens (including phenoxy) is 2. The Labute approximate surface area is 212 Å². The van der Waals surface area contributed by atoms with Gasteiger partial charge in [0.05, 0.1) is 7.11 Å². The third kappa shape index (κ3) is 4.39. The lowest BCUT2D eigenvalue weighted by molar-refractivity contribution is -0.136. The summed E-state index contributed by atoms with van der Waals surface area (Å²) < 4.78 is 18.3. The number of nitrogens with zero attached hydrogens (tertiary/aromatic N) is 2. The quantitative estimate of drug-likeness (QED) is 0.390. The highest BCUT2D eigenvalue weighted by Gasteiger charge is 2.36. The van der Waals surface area contributed by atoms with E-state index in [-0.39, 0.29) is 29.9 Å². The predicted octanol–water partition coefficient (Wildman–Crippen LogP) is 3.66. The fraction of sp³-hybridized carbons (Fsp3) is 0.276. The maximum absolute atomic E-state index is 13.0. The van der Waals surface area contributed by atoms with Crippen molar-refractivity contribution in [3.05, 3.63) is 93.2 Å². The topological polar surface area (TPSA) is 91.0 Å². The van der Waals surface area contributed by atoms with Gasteiger partial charge < -0.3 is 23.4 Å². The smallest absolute Gasteiger partial charge is 0.336 e. The molecular weight excluding hydrogens is 472 g/mol. The Kier molecular flexibility index (Phi) is 5.79. The Bertz CT molecular complexity index is 1600. The summed E-state index contributed by atoms with van der Waals surface area (Å²) in [5.74, 6) is 1.48. The number of fused-ring (bicyclic) bond motifs is 5. The summed E-state index contributed by atoms with van der Waals surface area (Å²) >= 11 is 0. The molecule has 8 nitrogen and oxygen atoms in total. The highest BCUT2D eigenvalue weighted by molar-refractivity contribution is 5.93. The van der Waals surface area contributed by atoms with Crippen LogP contribution in [-0.4, -0.2) is 42.2 Å². The SMILES string of the molecule is COc1ccc(-c2cc(=O)oc3cc(OCC(=O)N4C[C@@H]5C[C@H](C4)c4cccc(=O)n4C5)ccc23)cc1. The van der Waals surface area contributed by atoms with Crippen molar-refractivity contribution in [3.8, 4) is 22.6 Å². The first-order chi connectivity index (χ1) is 18.0. The van der Waals surface area contributed by atoms with Crippen molar-refractivity contribution in [1.29, 1.82) is 0 Å². The second-order valence-electron chi connectivity index (χ2n) is 9.65. The zero-order valence-corrected chi connectivity index (χ0v) is 20.4. The minimum Gasteiger partial charge on any atom is -0.497 e. The lowest BCUT2D eigenvalue weighted by atomic mass is 9.83. The van der Waals surface area contributed by atoms with Crippen LogP contribution in [0.3, 0.4) is 0 Å². The number of carbonyl (C=O) groups is 1. The van der Waals surface area contributed by atoms with Crippen molar-refractivity contribution in [2.75, 3.05) is 26.8 Å². The maximum Gasteiger partial charge on any atom is 0.336 e. The number of carbonyl (C=O) groups excluding carboxylic acids is 1. The van der Waals surface area contributed by atoms with Crippen LogP contribution in [0, 0.1) is 5.92 Å². The molecule has 37 heavy (non-hydrogen) atoms. The molecule has 1 amide bonds. The summed E-state index contributed by atoms with van der Waals surface area (Å²) in [6, 6.07) is 19.5. The van der Waals surface area contributed by atoms with Gasteiger partial charge in [0, 0.05) is 54.8 Å². The molecule has 188 valence electrons. The van der Waals surface area contributed by atoms with Gasteiger partial charge in [-0.15, -0.1) is 0 Å². The summed E-state index contributed by atoms with van der Waals surface area (Å²) in [4.78, 5) is 39.4. The second kappa shape index (κ2) is 9.28. The first-order valence-corrected chi connectivity index (χ1v) is 12.3. The summed E-state index contributed by atoms with van der Waals surface area (Å²) in [5.41, 5.74) is 2.55. The molecule has 2 aliphatic heterocycles. The number of rotatable bonds is 5. The lowest BCUT2D eigenvalue weighted by Gasteiger charge is -2.42. The van der Waals surface area contributed by atoms with E-state index in [1.807, 2.05) is 45.9 Å². The molecule has 0 spiro atoms. The number of piperidine rings is 1. The normalized spacial score (nSPS) is 18.4. The Hall–Kier alpha value is -4.33. The van der Waals surface area contributed by atoms with E-state index in [1.54, 1.807) is 31.4 Å². The molecule has 4 heterocycles. The summed E-state index contributed by atoms with van der Waals surface area (Å²) in [6.45, 7) is 1.70. The van der Waals surface area contributed by atoms with Crippen LogP contribution in [0.4, 0.5) is 0 Å². The fourth-order valence-electron chi connectivity index (χ4n) is 5.58. The van der Waals surface area contributed by atoms with E-state index in [0.717, 1.165) is 34.4 Å². The molecule has 8 heteroatoms. The van der Waals surface area contributed by atoms with Crippen LogP contribution in [0.1, 0.15) is 18.0 Å². The van der Waals surface area contributed by atoms with Gasteiger partial charge in [0.15, 0.2) is 6.61 Å². The van der Waals surface area contributed by atoms with E-state index in [4.69, 9.17) is 13.9 Å². The van der Waals surface area contributed by atoms with E-state index in [1.165, 1.54) is 6.07 Å². The van der Waals surface area contributed by atoms with E-state index in [2.05, 4.69) is 0 Å². The number of likely N-dealkylation sites (tertiary alicyclic amines) is 1. The fourth-order valence-corrected chi connectivity index (χ4v) is 5.58. The van der Waals surface area contributed by atoms with Gasteiger partial charge in [-0.25, -0.2) is 4.79 Å². The zero-order chi connectivity index (χ0) is 25.5. The van der Waals surface area contributed by atoms with Crippen molar-refractivity contribution in [2.45, 2.75) is 18.9 Å². The number of hydrogen-bond donors (Lipinski definition) is 0. The second-order valence-corrected chi connectivity index (χ2v) is 9.65. The summed E-state index contributed by atoms with van der Waals surface area (Å²) in [5, 5.41) is 0.765. The summed E-state index contributed by atoms with van der Waals surface area (Å²) in [7, 11) is 1.60. The first-order valence-electron chi connectivity index (χ1n) is 12.3. The molecule has 2 aliphatic rings. The van der Waals surface area contributed by atoms with Gasteiger partial charge in [0.25, 0.3) is 11.5 Å². The van der Waals surface area contributed by atoms with Crippen molar-refractivity contribution in [1.82, 2.24) is 9.47 Å². The van der Waals surface area contributed by atoms with E-state index in [0.29, 0.717) is 31.0 Å². The number of hydrogen-bond acceptors (Lipinski definition) is 6. The highest BCUT2D eigenvalue weighted by atomic mass is 16.5. The number of aromatic nitrogens is 1. The third-order valence-corrected chi connectivity index (χ3v) is 7.31. The van der Waals surface area contributed by atoms with Gasteiger partial charge in [0.1, 0.15) is 17.1 Å². The predicted molar refractivity (Wildman–Crippen MR) is 138 cm³/mol. The molecule has 0 saturated carbocycles. The molecule has 2 aromatic heterocycles. The number of pyridine rings is 1. The molecule has 0 unspecified atom stereocenters. The van der Waals surface area contributed by atoms with Crippen LogP contribution < -0.4 is 20.7 Å². The standard InChI is InChI=1S/C29H26N2O6/c1-35-21-7-5-19(6-8-21)24-13-29(34)37-26-12-22(9-10-23(24)26)36-17-28(33)30-14-18-11-20(16-30)25-3-2-4-27(32)31(25)15-18/h2-10,12-13,18,20H,11,14-17H2,1H3/t18-,20+/m0/s1. The Morgan fingerprint density at radius 2 is 1.78 bits per heavy atom. The van der Waals surface area contributed by atoms with Crippen LogP contribution in [0.25, 0.3) is 22.1 Å². The highest BCUT2D eigenvalue weighted by Crippen LogP contribution is 2.35. The van der Waals surface area contributed by atoms with Crippen molar-refractivity contribution < 1.29 is 18.7 Å². The average Bonchev–Trinajstić information content (AvgIpc) is 2.91. The molecule has 2 bridgehead atoms. The van der Waals surface area contributed by atoms with Gasteiger partial charge in [-0.3, -0.25) is 9.59 Å². The lowest BCUT2D eigenvalue weighted by Crippen LogP contribution is -2.50. The van der Waals surface area contributed by atoms with Crippen LogP contribution in [-0.2, 0) is 11.3 Å². The van der Waals surface area contributed by atoms with Crippen LogP contribution in [0.2, 0.25) is 0 Å².